The summed E-state index contributed by atoms with van der Waals surface area (Å²) in [7, 11) is 1.95. The number of urea groups is 1. The molecule has 1 atom stereocenters. The molecule has 134 valence electrons. The molecule has 0 saturated heterocycles. The van der Waals surface area contributed by atoms with E-state index in [0.717, 1.165) is 35.9 Å². The third kappa shape index (κ3) is 3.33. The van der Waals surface area contributed by atoms with Crippen molar-refractivity contribution in [1.29, 1.82) is 0 Å². The van der Waals surface area contributed by atoms with Crippen LogP contribution in [0.2, 0.25) is 0 Å². The first-order valence-electron chi connectivity index (χ1n) is 8.77. The summed E-state index contributed by atoms with van der Waals surface area (Å²) in [5.41, 5.74) is 1.76. The van der Waals surface area contributed by atoms with Gasteiger partial charge in [0.25, 0.3) is 0 Å². The standard InChI is InChI=1S/C19H22N6O/c1-13-20-10-12-25(13)16-7-5-15(6-8-16)22-19(26)23-17(14-3-4-14)18-21-9-11-24(18)2/h5-12,14,17H,3-4H2,1-2H3,(H2,22,23,26)/t17-/m0/s1. The van der Waals surface area contributed by atoms with Crippen LogP contribution in [-0.2, 0) is 7.05 Å². The molecule has 7 heteroatoms. The van der Waals surface area contributed by atoms with Crippen molar-refractivity contribution < 1.29 is 4.79 Å². The number of anilines is 1. The number of hydrogen-bond acceptors (Lipinski definition) is 3. The summed E-state index contributed by atoms with van der Waals surface area (Å²) in [6.07, 6.45) is 9.60. The van der Waals surface area contributed by atoms with E-state index < -0.39 is 0 Å². The highest BCUT2D eigenvalue weighted by Crippen LogP contribution is 2.40. The molecule has 1 aliphatic carbocycles. The predicted molar refractivity (Wildman–Crippen MR) is 99.1 cm³/mol. The lowest BCUT2D eigenvalue weighted by Crippen LogP contribution is -2.35. The van der Waals surface area contributed by atoms with Crippen molar-refractivity contribution in [1.82, 2.24) is 24.4 Å². The van der Waals surface area contributed by atoms with Crippen LogP contribution in [0.15, 0.2) is 49.1 Å². The van der Waals surface area contributed by atoms with Crippen molar-refractivity contribution in [3.63, 3.8) is 0 Å². The van der Waals surface area contributed by atoms with Gasteiger partial charge in [-0.25, -0.2) is 14.8 Å². The fourth-order valence-electron chi connectivity index (χ4n) is 3.16. The van der Waals surface area contributed by atoms with Gasteiger partial charge >= 0.3 is 6.03 Å². The maximum atomic E-state index is 12.5. The number of carbonyl (C=O) groups is 1. The SMILES string of the molecule is Cc1nccn1-c1ccc(NC(=O)N[C@H](c2nccn2C)C2CC2)cc1. The average Bonchev–Trinajstić information content (AvgIpc) is 3.25. The molecule has 1 saturated carbocycles. The zero-order valence-electron chi connectivity index (χ0n) is 14.9. The molecule has 2 aromatic heterocycles. The lowest BCUT2D eigenvalue weighted by Gasteiger charge is -2.18. The van der Waals surface area contributed by atoms with Crippen molar-refractivity contribution >= 4 is 11.7 Å². The van der Waals surface area contributed by atoms with Crippen LogP contribution in [0.1, 0.15) is 30.5 Å². The zero-order chi connectivity index (χ0) is 18.1. The highest BCUT2D eigenvalue weighted by molar-refractivity contribution is 5.89. The van der Waals surface area contributed by atoms with E-state index in [2.05, 4.69) is 20.6 Å². The number of amides is 2. The average molecular weight is 350 g/mol. The van der Waals surface area contributed by atoms with Crippen LogP contribution in [-0.4, -0.2) is 25.1 Å². The minimum Gasteiger partial charge on any atom is -0.336 e. The normalized spacial score (nSPS) is 14.8. The lowest BCUT2D eigenvalue weighted by atomic mass is 10.1. The van der Waals surface area contributed by atoms with Crippen molar-refractivity contribution in [2.75, 3.05) is 5.32 Å². The van der Waals surface area contributed by atoms with Crippen LogP contribution in [0, 0.1) is 12.8 Å². The molecule has 3 aromatic rings. The fraction of sp³-hybridized carbons (Fsp3) is 0.316. The van der Waals surface area contributed by atoms with Crippen molar-refractivity contribution in [3.8, 4) is 5.69 Å². The summed E-state index contributed by atoms with van der Waals surface area (Å²) < 4.78 is 3.96. The number of rotatable bonds is 5. The molecule has 4 rings (SSSR count). The maximum absolute atomic E-state index is 12.5. The molecule has 2 amide bonds. The Labute approximate surface area is 152 Å². The Kier molecular flexibility index (Phi) is 4.20. The van der Waals surface area contributed by atoms with E-state index in [1.807, 2.05) is 59.8 Å². The van der Waals surface area contributed by atoms with Gasteiger partial charge in [0.2, 0.25) is 0 Å². The molecular weight excluding hydrogens is 328 g/mol. The number of aryl methyl sites for hydroxylation is 2. The molecule has 0 radical (unpaired) electrons. The molecule has 2 heterocycles. The summed E-state index contributed by atoms with van der Waals surface area (Å²) in [4.78, 5) is 21.1. The van der Waals surface area contributed by atoms with E-state index >= 15 is 0 Å². The number of nitrogens with zero attached hydrogens (tertiary/aromatic N) is 4. The number of aromatic nitrogens is 4. The molecule has 2 N–H and O–H groups in total. The quantitative estimate of drug-likeness (QED) is 0.742. The van der Waals surface area contributed by atoms with Crippen molar-refractivity contribution in [2.45, 2.75) is 25.8 Å². The van der Waals surface area contributed by atoms with Gasteiger partial charge in [0.05, 0.1) is 6.04 Å². The molecule has 0 aliphatic heterocycles. The summed E-state index contributed by atoms with van der Waals surface area (Å²) in [5, 5.41) is 5.98. The van der Waals surface area contributed by atoms with Crippen LogP contribution >= 0.6 is 0 Å². The molecule has 1 aliphatic rings. The van der Waals surface area contributed by atoms with E-state index in [1.165, 1.54) is 0 Å². The molecule has 7 nitrogen and oxygen atoms in total. The van der Waals surface area contributed by atoms with E-state index in [1.54, 1.807) is 12.4 Å². The smallest absolute Gasteiger partial charge is 0.319 e. The van der Waals surface area contributed by atoms with E-state index in [9.17, 15) is 4.79 Å². The second kappa shape index (κ2) is 6.67. The first kappa shape index (κ1) is 16.4. The Morgan fingerprint density at radius 2 is 1.88 bits per heavy atom. The number of benzene rings is 1. The molecule has 0 bridgehead atoms. The summed E-state index contributed by atoms with van der Waals surface area (Å²) in [6.45, 7) is 1.95. The molecular formula is C19H22N6O. The monoisotopic (exact) mass is 350 g/mol. The number of carbonyl (C=O) groups excluding carboxylic acids is 1. The number of hydrogen-bond donors (Lipinski definition) is 2. The van der Waals surface area contributed by atoms with Crippen LogP contribution in [0.3, 0.4) is 0 Å². The van der Waals surface area contributed by atoms with E-state index in [0.29, 0.717) is 5.92 Å². The summed E-state index contributed by atoms with van der Waals surface area (Å²) in [6, 6.07) is 7.44. The van der Waals surface area contributed by atoms with E-state index in [4.69, 9.17) is 0 Å². The lowest BCUT2D eigenvalue weighted by molar-refractivity contribution is 0.246. The largest absolute Gasteiger partial charge is 0.336 e. The van der Waals surface area contributed by atoms with Gasteiger partial charge in [-0.3, -0.25) is 0 Å². The van der Waals surface area contributed by atoms with Gasteiger partial charge in [0, 0.05) is 43.2 Å². The number of imidazole rings is 2. The summed E-state index contributed by atoms with van der Waals surface area (Å²) >= 11 is 0. The highest BCUT2D eigenvalue weighted by Gasteiger charge is 2.35. The third-order valence-corrected chi connectivity index (χ3v) is 4.75. The van der Waals surface area contributed by atoms with Gasteiger partial charge in [-0.1, -0.05) is 0 Å². The number of nitrogens with one attached hydrogen (secondary N) is 2. The molecule has 0 unspecified atom stereocenters. The van der Waals surface area contributed by atoms with E-state index in [-0.39, 0.29) is 12.1 Å². The van der Waals surface area contributed by atoms with Gasteiger partial charge in [0.1, 0.15) is 11.6 Å². The second-order valence-electron chi connectivity index (χ2n) is 6.70. The van der Waals surface area contributed by atoms with Gasteiger partial charge in [-0.15, -0.1) is 0 Å². The maximum Gasteiger partial charge on any atom is 0.319 e. The first-order valence-corrected chi connectivity index (χ1v) is 8.77. The Bertz CT molecular complexity index is 906. The second-order valence-corrected chi connectivity index (χ2v) is 6.70. The van der Waals surface area contributed by atoms with Crippen LogP contribution in [0.4, 0.5) is 10.5 Å². The topological polar surface area (TPSA) is 76.8 Å². The molecule has 26 heavy (non-hydrogen) atoms. The minimum atomic E-state index is -0.212. The van der Waals surface area contributed by atoms with Gasteiger partial charge in [0.15, 0.2) is 0 Å². The Morgan fingerprint density at radius 3 is 2.46 bits per heavy atom. The fourth-order valence-corrected chi connectivity index (χ4v) is 3.16. The Hall–Kier alpha value is -3.09. The van der Waals surface area contributed by atoms with Crippen LogP contribution in [0.25, 0.3) is 5.69 Å². The summed E-state index contributed by atoms with van der Waals surface area (Å²) in [5.74, 6) is 2.29. The molecule has 1 aromatic carbocycles. The van der Waals surface area contributed by atoms with Crippen LogP contribution in [0.5, 0.6) is 0 Å². The van der Waals surface area contributed by atoms with Crippen molar-refractivity contribution in [2.24, 2.45) is 13.0 Å². The van der Waals surface area contributed by atoms with Gasteiger partial charge in [-0.2, -0.15) is 0 Å². The Balaban J connectivity index is 1.43. The van der Waals surface area contributed by atoms with Gasteiger partial charge < -0.3 is 19.8 Å². The Morgan fingerprint density at radius 1 is 1.15 bits per heavy atom. The minimum absolute atomic E-state index is 0.0529. The third-order valence-electron chi connectivity index (χ3n) is 4.75. The zero-order valence-corrected chi connectivity index (χ0v) is 14.9. The first-order chi connectivity index (χ1) is 12.6. The van der Waals surface area contributed by atoms with Gasteiger partial charge in [-0.05, 0) is 49.9 Å². The molecule has 1 fully saturated rings. The molecule has 0 spiro atoms. The highest BCUT2D eigenvalue weighted by atomic mass is 16.2. The van der Waals surface area contributed by atoms with Crippen molar-refractivity contribution in [3.05, 3.63) is 60.7 Å². The van der Waals surface area contributed by atoms with Crippen LogP contribution < -0.4 is 10.6 Å². The predicted octanol–water partition coefficient (Wildman–Crippen LogP) is 3.19.